The molecule has 8 heteroatoms. The monoisotopic (exact) mass is 366 g/mol. The molecule has 128 valence electrons. The van der Waals surface area contributed by atoms with Gasteiger partial charge in [0, 0.05) is 29.0 Å². The van der Waals surface area contributed by atoms with Gasteiger partial charge in [0.2, 0.25) is 10.0 Å². The highest BCUT2D eigenvalue weighted by atomic mass is 32.2. The van der Waals surface area contributed by atoms with Gasteiger partial charge in [0.1, 0.15) is 0 Å². The van der Waals surface area contributed by atoms with Crippen LogP contribution in [0.1, 0.15) is 30.6 Å². The minimum Gasteiger partial charge on any atom is -0.258 e. The van der Waals surface area contributed by atoms with Gasteiger partial charge in [-0.25, -0.2) is 13.1 Å². The Labute approximate surface area is 144 Å². The molecule has 0 bridgehead atoms. The van der Waals surface area contributed by atoms with Gasteiger partial charge in [-0.3, -0.25) is 10.1 Å². The van der Waals surface area contributed by atoms with Crippen LogP contribution in [0.15, 0.2) is 46.7 Å². The summed E-state index contributed by atoms with van der Waals surface area (Å²) < 4.78 is 27.8. The van der Waals surface area contributed by atoms with Crippen LogP contribution in [0.4, 0.5) is 5.69 Å². The molecule has 1 aromatic heterocycles. The molecule has 1 aromatic carbocycles. The second-order valence-electron chi connectivity index (χ2n) is 6.04. The van der Waals surface area contributed by atoms with Gasteiger partial charge in [0.15, 0.2) is 0 Å². The van der Waals surface area contributed by atoms with Crippen molar-refractivity contribution in [1.82, 2.24) is 4.72 Å². The third kappa shape index (κ3) is 3.35. The quantitative estimate of drug-likeness (QED) is 0.626. The highest BCUT2D eigenvalue weighted by Crippen LogP contribution is 2.42. The van der Waals surface area contributed by atoms with E-state index >= 15 is 0 Å². The molecule has 1 aliphatic rings. The molecule has 3 rings (SSSR count). The molecule has 0 spiro atoms. The van der Waals surface area contributed by atoms with Crippen LogP contribution in [-0.4, -0.2) is 19.9 Å². The third-order valence-corrected chi connectivity index (χ3v) is 7.06. The van der Waals surface area contributed by atoms with Gasteiger partial charge in [-0.15, -0.1) is 11.3 Å². The van der Waals surface area contributed by atoms with E-state index in [1.807, 2.05) is 11.4 Å². The van der Waals surface area contributed by atoms with Crippen molar-refractivity contribution in [3.8, 4) is 0 Å². The summed E-state index contributed by atoms with van der Waals surface area (Å²) in [5.74, 6) is 0. The van der Waals surface area contributed by atoms with Crippen molar-refractivity contribution in [2.24, 2.45) is 0 Å². The van der Waals surface area contributed by atoms with Crippen LogP contribution in [-0.2, 0) is 15.4 Å². The maximum atomic E-state index is 12.5. The Bertz CT molecular complexity index is 826. The number of hydrogen-bond acceptors (Lipinski definition) is 5. The molecule has 1 aliphatic carbocycles. The summed E-state index contributed by atoms with van der Waals surface area (Å²) in [7, 11) is -3.78. The Morgan fingerprint density at radius 3 is 2.58 bits per heavy atom. The van der Waals surface area contributed by atoms with E-state index in [-0.39, 0.29) is 16.0 Å². The number of thiophene rings is 1. The molecule has 1 fully saturated rings. The molecule has 0 saturated heterocycles. The van der Waals surface area contributed by atoms with Crippen molar-refractivity contribution in [2.75, 3.05) is 6.54 Å². The lowest BCUT2D eigenvalue weighted by Gasteiger charge is -2.28. The average Bonchev–Trinajstić information content (AvgIpc) is 3.25. The summed E-state index contributed by atoms with van der Waals surface area (Å²) in [6.45, 7) is 0.318. The van der Waals surface area contributed by atoms with Crippen molar-refractivity contribution in [2.45, 2.75) is 36.0 Å². The standard InChI is InChI=1S/C16H18N2O4S2/c19-18(20)13-5-3-6-14(11-13)24(21,22)17-12-16(8-1-2-9-16)15-7-4-10-23-15/h3-7,10-11,17H,1-2,8-9,12H2. The van der Waals surface area contributed by atoms with Crippen molar-refractivity contribution >= 4 is 27.0 Å². The molecule has 0 unspecified atom stereocenters. The zero-order chi connectivity index (χ0) is 17.2. The second kappa shape index (κ2) is 6.62. The highest BCUT2D eigenvalue weighted by Gasteiger charge is 2.37. The van der Waals surface area contributed by atoms with E-state index in [0.717, 1.165) is 31.7 Å². The summed E-state index contributed by atoms with van der Waals surface area (Å²) in [5.41, 5.74) is -0.395. The van der Waals surface area contributed by atoms with Crippen LogP contribution < -0.4 is 4.72 Å². The van der Waals surface area contributed by atoms with E-state index in [2.05, 4.69) is 10.8 Å². The Balaban J connectivity index is 1.82. The fourth-order valence-electron chi connectivity index (χ4n) is 3.22. The van der Waals surface area contributed by atoms with Crippen molar-refractivity contribution < 1.29 is 13.3 Å². The number of sulfonamides is 1. The van der Waals surface area contributed by atoms with Gasteiger partial charge in [-0.05, 0) is 30.4 Å². The molecular formula is C16H18N2O4S2. The molecule has 0 amide bonds. The Kier molecular flexibility index (Phi) is 4.71. The SMILES string of the molecule is O=[N+]([O-])c1cccc(S(=O)(=O)NCC2(c3cccs3)CCCC2)c1. The van der Waals surface area contributed by atoms with Gasteiger partial charge in [0.05, 0.1) is 9.82 Å². The normalized spacial score (nSPS) is 17.0. The highest BCUT2D eigenvalue weighted by molar-refractivity contribution is 7.89. The van der Waals surface area contributed by atoms with Crippen molar-refractivity contribution in [1.29, 1.82) is 0 Å². The number of non-ortho nitro benzene ring substituents is 1. The first-order chi connectivity index (χ1) is 11.4. The van der Waals surface area contributed by atoms with E-state index in [0.29, 0.717) is 6.54 Å². The lowest BCUT2D eigenvalue weighted by atomic mass is 9.85. The van der Waals surface area contributed by atoms with Gasteiger partial charge in [-0.2, -0.15) is 0 Å². The lowest BCUT2D eigenvalue weighted by molar-refractivity contribution is -0.385. The van der Waals surface area contributed by atoms with Crippen LogP contribution in [0.25, 0.3) is 0 Å². The Hall–Kier alpha value is -1.77. The summed E-state index contributed by atoms with van der Waals surface area (Å²) in [6, 6.07) is 9.17. The zero-order valence-electron chi connectivity index (χ0n) is 13.0. The number of hydrogen-bond donors (Lipinski definition) is 1. The second-order valence-corrected chi connectivity index (χ2v) is 8.76. The van der Waals surface area contributed by atoms with Crippen LogP contribution in [0.3, 0.4) is 0 Å². The fourth-order valence-corrected chi connectivity index (χ4v) is 5.38. The smallest absolute Gasteiger partial charge is 0.258 e. The van der Waals surface area contributed by atoms with Crippen molar-refractivity contribution in [3.63, 3.8) is 0 Å². The number of nitrogens with one attached hydrogen (secondary N) is 1. The molecule has 24 heavy (non-hydrogen) atoms. The lowest BCUT2D eigenvalue weighted by Crippen LogP contribution is -2.38. The van der Waals surface area contributed by atoms with Gasteiger partial charge < -0.3 is 0 Å². The summed E-state index contributed by atoms with van der Waals surface area (Å²) in [4.78, 5) is 11.4. The number of nitro benzene ring substituents is 1. The van der Waals surface area contributed by atoms with E-state index < -0.39 is 14.9 Å². The summed E-state index contributed by atoms with van der Waals surface area (Å²) >= 11 is 1.65. The van der Waals surface area contributed by atoms with Crippen LogP contribution >= 0.6 is 11.3 Å². The molecule has 0 atom stereocenters. The van der Waals surface area contributed by atoms with Gasteiger partial charge in [-0.1, -0.05) is 25.0 Å². The summed E-state index contributed by atoms with van der Waals surface area (Å²) in [5, 5.41) is 12.8. The number of benzene rings is 1. The first kappa shape index (κ1) is 17.1. The maximum absolute atomic E-state index is 12.5. The first-order valence-electron chi connectivity index (χ1n) is 7.71. The topological polar surface area (TPSA) is 89.3 Å². The molecule has 1 saturated carbocycles. The molecule has 6 nitrogen and oxygen atoms in total. The fraction of sp³-hybridized carbons (Fsp3) is 0.375. The Morgan fingerprint density at radius 2 is 1.96 bits per heavy atom. The minimum atomic E-state index is -3.78. The van der Waals surface area contributed by atoms with E-state index in [1.54, 1.807) is 11.3 Å². The Morgan fingerprint density at radius 1 is 1.21 bits per heavy atom. The van der Waals surface area contributed by atoms with Crippen molar-refractivity contribution in [3.05, 3.63) is 56.8 Å². The number of nitro groups is 1. The van der Waals surface area contributed by atoms with Gasteiger partial charge in [0.25, 0.3) is 5.69 Å². The predicted molar refractivity (Wildman–Crippen MR) is 92.7 cm³/mol. The largest absolute Gasteiger partial charge is 0.270 e. The average molecular weight is 366 g/mol. The molecule has 0 aliphatic heterocycles. The first-order valence-corrected chi connectivity index (χ1v) is 10.1. The molecule has 2 aromatic rings. The van der Waals surface area contributed by atoms with Crippen LogP contribution in [0.5, 0.6) is 0 Å². The van der Waals surface area contributed by atoms with Crippen LogP contribution in [0, 0.1) is 10.1 Å². The number of rotatable bonds is 6. The van der Waals surface area contributed by atoms with E-state index in [4.69, 9.17) is 0 Å². The molecule has 0 radical (unpaired) electrons. The zero-order valence-corrected chi connectivity index (χ0v) is 14.6. The predicted octanol–water partition coefficient (Wildman–Crippen LogP) is 3.45. The maximum Gasteiger partial charge on any atom is 0.270 e. The minimum absolute atomic E-state index is 0.0731. The van der Waals surface area contributed by atoms with E-state index in [1.165, 1.54) is 23.1 Å². The van der Waals surface area contributed by atoms with Gasteiger partial charge >= 0.3 is 0 Å². The molecular weight excluding hydrogens is 348 g/mol. The van der Waals surface area contributed by atoms with E-state index in [9.17, 15) is 18.5 Å². The molecule has 1 N–H and O–H groups in total. The number of nitrogens with zero attached hydrogens (tertiary/aromatic N) is 1. The molecule has 1 heterocycles. The summed E-state index contributed by atoms with van der Waals surface area (Å²) in [6.07, 6.45) is 4.06. The third-order valence-electron chi connectivity index (χ3n) is 4.54. The van der Waals surface area contributed by atoms with Crippen LogP contribution in [0.2, 0.25) is 0 Å².